The van der Waals surface area contributed by atoms with Crippen molar-refractivity contribution < 1.29 is 19.4 Å². The van der Waals surface area contributed by atoms with Crippen molar-refractivity contribution in [3.63, 3.8) is 0 Å². The highest BCUT2D eigenvalue weighted by Gasteiger charge is 2.49. The van der Waals surface area contributed by atoms with Crippen molar-refractivity contribution in [2.45, 2.75) is 38.6 Å². The number of likely N-dealkylation sites (tertiary alicyclic amines) is 1. The molecule has 0 amide bonds. The molecule has 3 atom stereocenters. The van der Waals surface area contributed by atoms with Gasteiger partial charge in [-0.05, 0) is 38.3 Å². The van der Waals surface area contributed by atoms with Gasteiger partial charge in [-0.25, -0.2) is 0 Å². The Labute approximate surface area is 145 Å². The number of aromatic amines is 1. The number of rotatable bonds is 4. The van der Waals surface area contributed by atoms with Crippen LogP contribution >= 0.6 is 0 Å². The van der Waals surface area contributed by atoms with Crippen LogP contribution < -0.4 is 5.73 Å². The molecule has 3 rings (SSSR count). The van der Waals surface area contributed by atoms with Crippen molar-refractivity contribution in [3.8, 4) is 0 Å². The number of nitrogens with zero attached hydrogens (tertiary/aromatic N) is 1. The first-order valence-corrected chi connectivity index (χ1v) is 8.22. The molecule has 134 valence electrons. The number of para-hydroxylation sites is 1. The summed E-state index contributed by atoms with van der Waals surface area (Å²) in [6, 6.07) is 8.45. The van der Waals surface area contributed by atoms with Crippen LogP contribution in [-0.2, 0) is 14.3 Å². The fourth-order valence-corrected chi connectivity index (χ4v) is 3.12. The van der Waals surface area contributed by atoms with E-state index in [0.29, 0.717) is 5.69 Å². The number of hydrogen-bond acceptors (Lipinski definition) is 5. The number of nitrogens with two attached hydrogens (primary N) is 1. The number of esters is 1. The lowest BCUT2D eigenvalue weighted by Crippen LogP contribution is -2.66. The van der Waals surface area contributed by atoms with Crippen molar-refractivity contribution >= 4 is 22.8 Å². The Balaban J connectivity index is 1.79. The van der Waals surface area contributed by atoms with E-state index < -0.39 is 35.7 Å². The maximum absolute atomic E-state index is 12.2. The van der Waals surface area contributed by atoms with Crippen LogP contribution in [0.4, 0.5) is 0 Å². The second-order valence-corrected chi connectivity index (χ2v) is 7.38. The molecule has 0 bridgehead atoms. The first kappa shape index (κ1) is 17.4. The second-order valence-electron chi connectivity index (χ2n) is 7.38. The molecule has 1 aliphatic rings. The van der Waals surface area contributed by atoms with Crippen molar-refractivity contribution in [1.29, 1.82) is 0 Å². The molecule has 2 heterocycles. The molecule has 1 aromatic heterocycles. The largest absolute Gasteiger partial charge is 0.480 e. The van der Waals surface area contributed by atoms with Gasteiger partial charge in [-0.3, -0.25) is 14.5 Å². The average molecular weight is 345 g/mol. The lowest BCUT2D eigenvalue weighted by atomic mass is 9.92. The molecule has 7 nitrogen and oxygen atoms in total. The zero-order valence-electron chi connectivity index (χ0n) is 14.5. The van der Waals surface area contributed by atoms with Gasteiger partial charge in [0.15, 0.2) is 0 Å². The lowest BCUT2D eigenvalue weighted by molar-refractivity contribution is -0.177. The molecule has 0 aliphatic carbocycles. The Kier molecular flexibility index (Phi) is 4.30. The summed E-state index contributed by atoms with van der Waals surface area (Å²) < 4.78 is 5.35. The fourth-order valence-electron chi connectivity index (χ4n) is 3.12. The molecule has 0 spiro atoms. The first-order chi connectivity index (χ1) is 11.7. The summed E-state index contributed by atoms with van der Waals surface area (Å²) in [4.78, 5) is 28.7. The Morgan fingerprint density at radius 3 is 2.60 bits per heavy atom. The number of carbonyl (C=O) groups excluding carboxylic acids is 1. The van der Waals surface area contributed by atoms with Gasteiger partial charge in [-0.2, -0.15) is 0 Å². The van der Waals surface area contributed by atoms with Gasteiger partial charge < -0.3 is 20.6 Å². The number of fused-ring (bicyclic) bond motifs is 1. The molecular formula is C18H23N3O4. The average Bonchev–Trinajstić information content (AvgIpc) is 2.91. The maximum atomic E-state index is 12.2. The third-order valence-corrected chi connectivity index (χ3v) is 4.32. The molecule has 1 aliphatic heterocycles. The summed E-state index contributed by atoms with van der Waals surface area (Å²) in [6.07, 6.45) is -0.692. The van der Waals surface area contributed by atoms with Crippen LogP contribution in [0, 0.1) is 5.92 Å². The number of aliphatic carboxylic acids is 1. The highest BCUT2D eigenvalue weighted by Crippen LogP contribution is 2.34. The number of carboxylic acids is 1. The maximum Gasteiger partial charge on any atom is 0.327 e. The molecule has 1 fully saturated rings. The van der Waals surface area contributed by atoms with Crippen molar-refractivity contribution in [2.75, 3.05) is 6.54 Å². The van der Waals surface area contributed by atoms with Gasteiger partial charge in [-0.15, -0.1) is 0 Å². The summed E-state index contributed by atoms with van der Waals surface area (Å²) in [5.41, 5.74) is 6.92. The SMILES string of the molecule is CC(C)(C)OC(=O)C1CN(C(C(=O)O)c2cc3ccccc3[nH]2)C1N. The normalized spacial score (nSPS) is 22.4. The van der Waals surface area contributed by atoms with Crippen LogP contribution in [0.15, 0.2) is 30.3 Å². The van der Waals surface area contributed by atoms with Crippen LogP contribution in [0.2, 0.25) is 0 Å². The number of benzene rings is 1. The molecule has 7 heteroatoms. The Bertz CT molecular complexity index is 775. The number of carbonyl (C=O) groups is 2. The van der Waals surface area contributed by atoms with Crippen LogP contribution in [0.1, 0.15) is 32.5 Å². The molecular weight excluding hydrogens is 322 g/mol. The first-order valence-electron chi connectivity index (χ1n) is 8.22. The van der Waals surface area contributed by atoms with Gasteiger partial charge in [0.05, 0.1) is 12.1 Å². The second kappa shape index (κ2) is 6.16. The number of hydrogen-bond donors (Lipinski definition) is 3. The van der Waals surface area contributed by atoms with E-state index in [2.05, 4.69) is 4.98 Å². The van der Waals surface area contributed by atoms with Crippen LogP contribution in [-0.4, -0.2) is 45.2 Å². The highest BCUT2D eigenvalue weighted by molar-refractivity contribution is 5.84. The van der Waals surface area contributed by atoms with E-state index in [1.807, 2.05) is 30.3 Å². The molecule has 1 saturated heterocycles. The minimum absolute atomic E-state index is 0.252. The van der Waals surface area contributed by atoms with E-state index in [4.69, 9.17) is 10.5 Å². The van der Waals surface area contributed by atoms with Crippen LogP contribution in [0.3, 0.4) is 0 Å². The van der Waals surface area contributed by atoms with Gasteiger partial charge in [-0.1, -0.05) is 18.2 Å². The molecule has 2 aromatic rings. The molecule has 25 heavy (non-hydrogen) atoms. The number of aromatic nitrogens is 1. The zero-order chi connectivity index (χ0) is 18.4. The molecule has 4 N–H and O–H groups in total. The number of ether oxygens (including phenoxy) is 1. The summed E-state index contributed by atoms with van der Waals surface area (Å²) in [6.45, 7) is 5.62. The smallest absolute Gasteiger partial charge is 0.327 e. The minimum Gasteiger partial charge on any atom is -0.480 e. The summed E-state index contributed by atoms with van der Waals surface area (Å²) in [5.74, 6) is -1.92. The van der Waals surface area contributed by atoms with E-state index in [0.717, 1.165) is 10.9 Å². The van der Waals surface area contributed by atoms with Crippen molar-refractivity contribution in [3.05, 3.63) is 36.0 Å². The lowest BCUT2D eigenvalue weighted by Gasteiger charge is -2.47. The van der Waals surface area contributed by atoms with Crippen molar-refractivity contribution in [2.24, 2.45) is 11.7 Å². The van der Waals surface area contributed by atoms with E-state index in [9.17, 15) is 14.7 Å². The van der Waals surface area contributed by atoms with Gasteiger partial charge in [0.25, 0.3) is 0 Å². The Hall–Kier alpha value is -2.38. The van der Waals surface area contributed by atoms with Gasteiger partial charge in [0.1, 0.15) is 11.6 Å². The fraction of sp³-hybridized carbons (Fsp3) is 0.444. The van der Waals surface area contributed by atoms with E-state index in [1.165, 1.54) is 0 Å². The minimum atomic E-state index is -1.01. The van der Waals surface area contributed by atoms with E-state index >= 15 is 0 Å². The van der Waals surface area contributed by atoms with Gasteiger partial charge in [0.2, 0.25) is 0 Å². The van der Waals surface area contributed by atoms with Crippen LogP contribution in [0.25, 0.3) is 10.9 Å². The van der Waals surface area contributed by atoms with E-state index in [1.54, 1.807) is 25.7 Å². The zero-order valence-corrected chi connectivity index (χ0v) is 14.5. The monoisotopic (exact) mass is 345 g/mol. The topological polar surface area (TPSA) is 109 Å². The standard InChI is InChI=1S/C18H23N3O4/c1-18(2,3)25-17(24)11-9-21(15(11)19)14(16(22)23)13-8-10-6-4-5-7-12(10)20-13/h4-8,11,14-15,20H,9,19H2,1-3H3,(H,22,23). The molecule has 1 aromatic carbocycles. The molecule has 0 saturated carbocycles. The third kappa shape index (κ3) is 3.38. The Morgan fingerprint density at radius 1 is 1.36 bits per heavy atom. The number of H-pyrrole nitrogens is 1. The predicted molar refractivity (Wildman–Crippen MR) is 92.7 cm³/mol. The third-order valence-electron chi connectivity index (χ3n) is 4.32. The highest BCUT2D eigenvalue weighted by atomic mass is 16.6. The molecule has 3 unspecified atom stereocenters. The summed E-state index contributed by atoms with van der Waals surface area (Å²) >= 11 is 0. The Morgan fingerprint density at radius 2 is 2.04 bits per heavy atom. The van der Waals surface area contributed by atoms with Gasteiger partial charge in [0, 0.05) is 17.8 Å². The number of carboxylic acid groups (broad SMARTS) is 1. The number of nitrogens with one attached hydrogen (secondary N) is 1. The summed E-state index contributed by atoms with van der Waals surface area (Å²) in [5, 5.41) is 10.6. The predicted octanol–water partition coefficient (Wildman–Crippen LogP) is 1.85. The van der Waals surface area contributed by atoms with E-state index in [-0.39, 0.29) is 6.54 Å². The van der Waals surface area contributed by atoms with Crippen molar-refractivity contribution in [1.82, 2.24) is 9.88 Å². The summed E-state index contributed by atoms with van der Waals surface area (Å²) in [7, 11) is 0. The van der Waals surface area contributed by atoms with Crippen LogP contribution in [0.5, 0.6) is 0 Å². The molecule has 0 radical (unpaired) electrons. The van der Waals surface area contributed by atoms with Gasteiger partial charge >= 0.3 is 11.9 Å². The quantitative estimate of drug-likeness (QED) is 0.730.